The molecule has 0 radical (unpaired) electrons. The number of unbranched alkanes of at least 4 members (excludes halogenated alkanes) is 1. The van der Waals surface area contributed by atoms with Crippen LogP contribution in [0.3, 0.4) is 0 Å². The van der Waals surface area contributed by atoms with E-state index in [1.54, 1.807) is 12.1 Å². The third-order valence-electron chi connectivity index (χ3n) is 2.91. The normalized spacial score (nSPS) is 11.7. The van der Waals surface area contributed by atoms with Crippen LogP contribution in [0.1, 0.15) is 19.8 Å². The summed E-state index contributed by atoms with van der Waals surface area (Å²) in [6.45, 7) is 2.60. The SMILES string of the molecule is CCCCOCC(=O)Nc1nc2ccc(S(C)(=O)=O)cc2s1. The summed E-state index contributed by atoms with van der Waals surface area (Å²) in [5.41, 5.74) is 0.652. The zero-order valence-electron chi connectivity index (χ0n) is 12.5. The minimum absolute atomic E-state index is 0.00941. The van der Waals surface area contributed by atoms with Gasteiger partial charge in [0, 0.05) is 12.9 Å². The molecule has 2 rings (SSSR count). The number of ether oxygens (including phenoxy) is 1. The van der Waals surface area contributed by atoms with Gasteiger partial charge in [-0.3, -0.25) is 10.1 Å². The number of carbonyl (C=O) groups excluding carboxylic acids is 1. The van der Waals surface area contributed by atoms with Gasteiger partial charge in [-0.05, 0) is 24.6 Å². The number of aromatic nitrogens is 1. The van der Waals surface area contributed by atoms with Crippen LogP contribution in [0.5, 0.6) is 0 Å². The number of rotatable bonds is 7. The van der Waals surface area contributed by atoms with Gasteiger partial charge in [0.15, 0.2) is 15.0 Å². The number of benzene rings is 1. The molecule has 0 unspecified atom stereocenters. The lowest BCUT2D eigenvalue weighted by Crippen LogP contribution is -2.18. The van der Waals surface area contributed by atoms with Crippen LogP contribution in [0.4, 0.5) is 5.13 Å². The van der Waals surface area contributed by atoms with Crippen LogP contribution in [0.15, 0.2) is 23.1 Å². The lowest BCUT2D eigenvalue weighted by atomic mass is 10.3. The van der Waals surface area contributed by atoms with E-state index >= 15 is 0 Å². The van der Waals surface area contributed by atoms with E-state index in [4.69, 9.17) is 4.74 Å². The van der Waals surface area contributed by atoms with E-state index in [1.807, 2.05) is 0 Å². The van der Waals surface area contributed by atoms with Crippen molar-refractivity contribution in [3.8, 4) is 0 Å². The van der Waals surface area contributed by atoms with E-state index in [2.05, 4.69) is 17.2 Å². The number of nitrogens with one attached hydrogen (secondary N) is 1. The predicted molar refractivity (Wildman–Crippen MR) is 87.1 cm³/mol. The molecule has 120 valence electrons. The first-order chi connectivity index (χ1) is 10.4. The molecular formula is C14H18N2O4S2. The highest BCUT2D eigenvalue weighted by Crippen LogP contribution is 2.28. The number of hydrogen-bond donors (Lipinski definition) is 1. The third kappa shape index (κ3) is 4.49. The first-order valence-electron chi connectivity index (χ1n) is 6.88. The Kier molecular flexibility index (Phi) is 5.49. The quantitative estimate of drug-likeness (QED) is 0.781. The van der Waals surface area contributed by atoms with E-state index < -0.39 is 9.84 Å². The Balaban J connectivity index is 2.05. The van der Waals surface area contributed by atoms with Crippen molar-refractivity contribution in [2.24, 2.45) is 0 Å². The number of sulfone groups is 1. The standard InChI is InChI=1S/C14H18N2O4S2/c1-3-4-7-20-9-13(17)16-14-15-11-6-5-10(22(2,18)19)8-12(11)21-14/h5-6,8H,3-4,7,9H2,1-2H3,(H,15,16,17). The predicted octanol–water partition coefficient (Wildman–Crippen LogP) is 2.46. The summed E-state index contributed by atoms with van der Waals surface area (Å²) in [5.74, 6) is -0.265. The minimum Gasteiger partial charge on any atom is -0.372 e. The molecule has 0 aliphatic rings. The molecule has 0 bridgehead atoms. The number of fused-ring (bicyclic) bond motifs is 1. The molecule has 1 aromatic carbocycles. The molecule has 1 N–H and O–H groups in total. The summed E-state index contributed by atoms with van der Waals surface area (Å²) in [6, 6.07) is 4.71. The maximum atomic E-state index is 11.7. The van der Waals surface area contributed by atoms with Crippen molar-refractivity contribution >= 4 is 42.4 Å². The van der Waals surface area contributed by atoms with Gasteiger partial charge in [0.25, 0.3) is 5.91 Å². The van der Waals surface area contributed by atoms with Crippen molar-refractivity contribution in [2.45, 2.75) is 24.7 Å². The van der Waals surface area contributed by atoms with Gasteiger partial charge >= 0.3 is 0 Å². The minimum atomic E-state index is -3.25. The smallest absolute Gasteiger partial charge is 0.252 e. The van der Waals surface area contributed by atoms with Crippen LogP contribution in [-0.4, -0.2) is 38.8 Å². The molecule has 0 atom stereocenters. The molecule has 2 aromatic rings. The topological polar surface area (TPSA) is 85.4 Å². The number of hydrogen-bond acceptors (Lipinski definition) is 6. The highest BCUT2D eigenvalue weighted by atomic mass is 32.2. The largest absolute Gasteiger partial charge is 0.372 e. The van der Waals surface area contributed by atoms with Gasteiger partial charge in [0.2, 0.25) is 0 Å². The molecule has 6 nitrogen and oxygen atoms in total. The van der Waals surface area contributed by atoms with Gasteiger partial charge in [0.05, 0.1) is 15.1 Å². The maximum absolute atomic E-state index is 11.7. The average molecular weight is 342 g/mol. The first kappa shape index (κ1) is 16.9. The zero-order valence-corrected chi connectivity index (χ0v) is 14.1. The fourth-order valence-corrected chi connectivity index (χ4v) is 3.40. The maximum Gasteiger partial charge on any atom is 0.252 e. The lowest BCUT2D eigenvalue weighted by molar-refractivity contribution is -0.120. The highest BCUT2D eigenvalue weighted by molar-refractivity contribution is 7.90. The van der Waals surface area contributed by atoms with Gasteiger partial charge in [-0.25, -0.2) is 13.4 Å². The highest BCUT2D eigenvalue weighted by Gasteiger charge is 2.12. The van der Waals surface area contributed by atoms with Crippen LogP contribution in [0.25, 0.3) is 10.2 Å². The molecule has 0 fully saturated rings. The van der Waals surface area contributed by atoms with Gasteiger partial charge in [-0.15, -0.1) is 0 Å². The molecule has 0 spiro atoms. The summed E-state index contributed by atoms with van der Waals surface area (Å²) in [4.78, 5) is 16.2. The molecule has 1 amide bonds. The second-order valence-corrected chi connectivity index (χ2v) is 7.92. The number of nitrogens with zero attached hydrogens (tertiary/aromatic N) is 1. The van der Waals surface area contributed by atoms with Crippen molar-refractivity contribution in [2.75, 3.05) is 24.8 Å². The molecule has 1 aromatic heterocycles. The van der Waals surface area contributed by atoms with Crippen LogP contribution in [-0.2, 0) is 19.4 Å². The Hall–Kier alpha value is -1.51. The van der Waals surface area contributed by atoms with Gasteiger partial charge in [-0.1, -0.05) is 24.7 Å². The summed E-state index contributed by atoms with van der Waals surface area (Å²) in [7, 11) is -3.25. The zero-order chi connectivity index (χ0) is 16.2. The number of carbonyl (C=O) groups is 1. The summed E-state index contributed by atoms with van der Waals surface area (Å²) in [6.07, 6.45) is 3.09. The second-order valence-electron chi connectivity index (χ2n) is 4.88. The monoisotopic (exact) mass is 342 g/mol. The summed E-state index contributed by atoms with van der Waals surface area (Å²) < 4.78 is 29.0. The van der Waals surface area contributed by atoms with E-state index in [9.17, 15) is 13.2 Å². The Morgan fingerprint density at radius 2 is 2.18 bits per heavy atom. The molecule has 22 heavy (non-hydrogen) atoms. The van der Waals surface area contributed by atoms with Crippen molar-refractivity contribution in [3.63, 3.8) is 0 Å². The fraction of sp³-hybridized carbons (Fsp3) is 0.429. The number of thiazole rings is 1. The molecular weight excluding hydrogens is 324 g/mol. The summed E-state index contributed by atoms with van der Waals surface area (Å²) in [5, 5.41) is 3.10. The first-order valence-corrected chi connectivity index (χ1v) is 9.59. The van der Waals surface area contributed by atoms with E-state index in [-0.39, 0.29) is 17.4 Å². The van der Waals surface area contributed by atoms with Gasteiger partial charge in [-0.2, -0.15) is 0 Å². The van der Waals surface area contributed by atoms with E-state index in [1.165, 1.54) is 17.4 Å². The van der Waals surface area contributed by atoms with Crippen LogP contribution in [0, 0.1) is 0 Å². The molecule has 0 saturated carbocycles. The lowest BCUT2D eigenvalue weighted by Gasteiger charge is -2.02. The number of amides is 1. The molecule has 0 aliphatic carbocycles. The Labute approximate surface area is 133 Å². The van der Waals surface area contributed by atoms with Crippen molar-refractivity contribution in [1.29, 1.82) is 0 Å². The van der Waals surface area contributed by atoms with Crippen LogP contribution < -0.4 is 5.32 Å². The van der Waals surface area contributed by atoms with Gasteiger partial charge in [0.1, 0.15) is 6.61 Å². The molecule has 0 aliphatic heterocycles. The van der Waals surface area contributed by atoms with Crippen molar-refractivity contribution in [1.82, 2.24) is 4.98 Å². The molecule has 1 heterocycles. The third-order valence-corrected chi connectivity index (χ3v) is 4.95. The van der Waals surface area contributed by atoms with E-state index in [0.29, 0.717) is 22.0 Å². The van der Waals surface area contributed by atoms with Gasteiger partial charge < -0.3 is 4.74 Å². The van der Waals surface area contributed by atoms with Crippen LogP contribution >= 0.6 is 11.3 Å². The Morgan fingerprint density at radius 3 is 2.86 bits per heavy atom. The molecule has 0 saturated heterocycles. The Bertz CT molecular complexity index is 768. The van der Waals surface area contributed by atoms with Crippen molar-refractivity contribution < 1.29 is 17.9 Å². The summed E-state index contributed by atoms with van der Waals surface area (Å²) >= 11 is 1.24. The number of anilines is 1. The van der Waals surface area contributed by atoms with Crippen LogP contribution in [0.2, 0.25) is 0 Å². The average Bonchev–Trinajstić information content (AvgIpc) is 2.83. The Morgan fingerprint density at radius 1 is 1.41 bits per heavy atom. The van der Waals surface area contributed by atoms with Crippen molar-refractivity contribution in [3.05, 3.63) is 18.2 Å². The van der Waals surface area contributed by atoms with E-state index in [0.717, 1.165) is 19.1 Å². The second kappa shape index (κ2) is 7.17. The molecule has 8 heteroatoms. The fourth-order valence-electron chi connectivity index (χ4n) is 1.76.